The van der Waals surface area contributed by atoms with Crippen LogP contribution in [0.1, 0.15) is 46.1 Å². The number of rotatable bonds is 7. The Hall–Kier alpha value is -1.22. The third-order valence-electron chi connectivity index (χ3n) is 3.40. The molecule has 0 amide bonds. The normalized spacial score (nSPS) is 12.1. The zero-order valence-corrected chi connectivity index (χ0v) is 13.6. The third-order valence-corrected chi connectivity index (χ3v) is 3.40. The Kier molecular flexibility index (Phi) is 5.88. The minimum absolute atomic E-state index is 0.408. The summed E-state index contributed by atoms with van der Waals surface area (Å²) in [7, 11) is 3.26. The second-order valence-electron chi connectivity index (χ2n) is 6.29. The summed E-state index contributed by atoms with van der Waals surface area (Å²) in [5.74, 6) is 2.24. The Morgan fingerprint density at radius 2 is 1.55 bits per heavy atom. The van der Waals surface area contributed by atoms with E-state index >= 15 is 0 Å². The van der Waals surface area contributed by atoms with E-state index in [9.17, 15) is 5.11 Å². The van der Waals surface area contributed by atoms with Gasteiger partial charge in [0.15, 0.2) is 0 Å². The number of ether oxygens (including phenoxy) is 2. The zero-order valence-electron chi connectivity index (χ0n) is 13.6. The molecule has 0 radical (unpaired) electrons. The SMILES string of the molecule is COc1ccc(C(O)(CC(C)C)CC(C)C)c(OC)c1. The van der Waals surface area contributed by atoms with Crippen molar-refractivity contribution in [1.82, 2.24) is 0 Å². The number of hydrogen-bond donors (Lipinski definition) is 1. The standard InChI is InChI=1S/C17H28O3/c1-12(2)10-17(18,11-13(3)4)15-8-7-14(19-5)9-16(15)20-6/h7-9,12-13,18H,10-11H2,1-6H3. The van der Waals surface area contributed by atoms with Gasteiger partial charge in [0.25, 0.3) is 0 Å². The fraction of sp³-hybridized carbons (Fsp3) is 0.647. The van der Waals surface area contributed by atoms with E-state index in [4.69, 9.17) is 9.47 Å². The maximum Gasteiger partial charge on any atom is 0.128 e. The fourth-order valence-electron chi connectivity index (χ4n) is 2.84. The van der Waals surface area contributed by atoms with Gasteiger partial charge in [0, 0.05) is 11.6 Å². The lowest BCUT2D eigenvalue weighted by atomic mass is 9.79. The zero-order chi connectivity index (χ0) is 15.3. The molecular formula is C17H28O3. The first-order valence-corrected chi connectivity index (χ1v) is 7.27. The highest BCUT2D eigenvalue weighted by Crippen LogP contribution is 2.40. The minimum Gasteiger partial charge on any atom is -0.497 e. The molecule has 0 bridgehead atoms. The van der Waals surface area contributed by atoms with Gasteiger partial charge in [0.1, 0.15) is 11.5 Å². The van der Waals surface area contributed by atoms with Crippen LogP contribution in [0.5, 0.6) is 11.5 Å². The van der Waals surface area contributed by atoms with E-state index in [-0.39, 0.29) is 0 Å². The van der Waals surface area contributed by atoms with Crippen molar-refractivity contribution in [2.24, 2.45) is 11.8 Å². The average molecular weight is 280 g/mol. The second kappa shape index (κ2) is 6.98. The molecular weight excluding hydrogens is 252 g/mol. The summed E-state index contributed by atoms with van der Waals surface area (Å²) < 4.78 is 10.7. The van der Waals surface area contributed by atoms with Gasteiger partial charge in [-0.2, -0.15) is 0 Å². The maximum atomic E-state index is 11.2. The predicted molar refractivity (Wildman–Crippen MR) is 82.4 cm³/mol. The summed E-state index contributed by atoms with van der Waals surface area (Å²) in [5, 5.41) is 11.2. The van der Waals surface area contributed by atoms with E-state index in [0.717, 1.165) is 11.3 Å². The Morgan fingerprint density at radius 1 is 1.00 bits per heavy atom. The average Bonchev–Trinajstić information content (AvgIpc) is 2.35. The Morgan fingerprint density at radius 3 is 1.95 bits per heavy atom. The fourth-order valence-corrected chi connectivity index (χ4v) is 2.84. The molecule has 0 spiro atoms. The molecule has 1 aromatic carbocycles. The number of hydrogen-bond acceptors (Lipinski definition) is 3. The van der Waals surface area contributed by atoms with Crippen LogP contribution >= 0.6 is 0 Å². The van der Waals surface area contributed by atoms with Crippen LogP contribution in [0.15, 0.2) is 18.2 Å². The molecule has 0 saturated carbocycles. The van der Waals surface area contributed by atoms with Gasteiger partial charge in [-0.1, -0.05) is 27.7 Å². The van der Waals surface area contributed by atoms with Crippen molar-refractivity contribution < 1.29 is 14.6 Å². The van der Waals surface area contributed by atoms with Crippen molar-refractivity contribution in [2.45, 2.75) is 46.1 Å². The first kappa shape index (κ1) is 16.8. The molecule has 0 heterocycles. The smallest absolute Gasteiger partial charge is 0.128 e. The molecule has 0 fully saturated rings. The third kappa shape index (κ3) is 4.14. The van der Waals surface area contributed by atoms with E-state index in [1.807, 2.05) is 18.2 Å². The van der Waals surface area contributed by atoms with Gasteiger partial charge in [-0.3, -0.25) is 0 Å². The van der Waals surface area contributed by atoms with Crippen LogP contribution < -0.4 is 9.47 Å². The van der Waals surface area contributed by atoms with Crippen LogP contribution in [0.3, 0.4) is 0 Å². The van der Waals surface area contributed by atoms with Gasteiger partial charge >= 0.3 is 0 Å². The second-order valence-corrected chi connectivity index (χ2v) is 6.29. The quantitative estimate of drug-likeness (QED) is 0.821. The molecule has 3 heteroatoms. The Bertz CT molecular complexity index is 414. The van der Waals surface area contributed by atoms with E-state index in [1.165, 1.54) is 0 Å². The maximum absolute atomic E-state index is 11.2. The van der Waals surface area contributed by atoms with Crippen LogP contribution in [0.2, 0.25) is 0 Å². The molecule has 0 aliphatic carbocycles. The van der Waals surface area contributed by atoms with E-state index < -0.39 is 5.60 Å². The summed E-state index contributed by atoms with van der Waals surface area (Å²) >= 11 is 0. The largest absolute Gasteiger partial charge is 0.497 e. The summed E-state index contributed by atoms with van der Waals surface area (Å²) in [6.07, 6.45) is 1.43. The van der Waals surface area contributed by atoms with Gasteiger partial charge in [-0.15, -0.1) is 0 Å². The lowest BCUT2D eigenvalue weighted by Crippen LogP contribution is -2.30. The summed E-state index contributed by atoms with van der Waals surface area (Å²) in [5.41, 5.74) is -0.0110. The number of benzene rings is 1. The molecule has 1 N–H and O–H groups in total. The van der Waals surface area contributed by atoms with E-state index in [2.05, 4.69) is 27.7 Å². The highest BCUT2D eigenvalue weighted by molar-refractivity contribution is 5.44. The molecule has 3 nitrogen and oxygen atoms in total. The lowest BCUT2D eigenvalue weighted by Gasteiger charge is -2.33. The molecule has 0 aliphatic rings. The number of methoxy groups -OCH3 is 2. The van der Waals surface area contributed by atoms with Gasteiger partial charge in [-0.25, -0.2) is 0 Å². The first-order valence-electron chi connectivity index (χ1n) is 7.27. The number of aliphatic hydroxyl groups is 1. The van der Waals surface area contributed by atoms with E-state index in [1.54, 1.807) is 14.2 Å². The molecule has 0 saturated heterocycles. The molecule has 0 aromatic heterocycles. The van der Waals surface area contributed by atoms with Crippen molar-refractivity contribution in [3.8, 4) is 11.5 Å². The van der Waals surface area contributed by atoms with Gasteiger partial charge in [-0.05, 0) is 36.8 Å². The van der Waals surface area contributed by atoms with Crippen LogP contribution in [0.4, 0.5) is 0 Å². The highest BCUT2D eigenvalue weighted by atomic mass is 16.5. The predicted octanol–water partition coefficient (Wildman–Crippen LogP) is 3.98. The molecule has 0 unspecified atom stereocenters. The molecule has 20 heavy (non-hydrogen) atoms. The monoisotopic (exact) mass is 280 g/mol. The molecule has 1 aromatic rings. The summed E-state index contributed by atoms with van der Waals surface area (Å²) in [6.45, 7) is 8.51. The molecule has 1 rings (SSSR count). The molecule has 114 valence electrons. The summed E-state index contributed by atoms with van der Waals surface area (Å²) in [6, 6.07) is 5.63. The highest BCUT2D eigenvalue weighted by Gasteiger charge is 2.34. The Balaban J connectivity index is 3.25. The topological polar surface area (TPSA) is 38.7 Å². The van der Waals surface area contributed by atoms with Gasteiger partial charge in [0.2, 0.25) is 0 Å². The van der Waals surface area contributed by atoms with E-state index in [0.29, 0.717) is 30.4 Å². The Labute approximate surface area is 122 Å². The van der Waals surface area contributed by atoms with Gasteiger partial charge < -0.3 is 14.6 Å². The van der Waals surface area contributed by atoms with Crippen molar-refractivity contribution >= 4 is 0 Å². The van der Waals surface area contributed by atoms with Gasteiger partial charge in [0.05, 0.1) is 19.8 Å². The van der Waals surface area contributed by atoms with Crippen molar-refractivity contribution in [3.63, 3.8) is 0 Å². The van der Waals surface area contributed by atoms with Crippen molar-refractivity contribution in [3.05, 3.63) is 23.8 Å². The van der Waals surface area contributed by atoms with Crippen LogP contribution in [0, 0.1) is 11.8 Å². The van der Waals surface area contributed by atoms with Crippen LogP contribution in [-0.4, -0.2) is 19.3 Å². The van der Waals surface area contributed by atoms with Crippen molar-refractivity contribution in [1.29, 1.82) is 0 Å². The molecule has 0 atom stereocenters. The summed E-state index contributed by atoms with van der Waals surface area (Å²) in [4.78, 5) is 0. The molecule has 0 aliphatic heterocycles. The minimum atomic E-state index is -0.861. The van der Waals surface area contributed by atoms with Crippen molar-refractivity contribution in [2.75, 3.05) is 14.2 Å². The first-order chi connectivity index (χ1) is 9.32. The van der Waals surface area contributed by atoms with Crippen LogP contribution in [-0.2, 0) is 5.60 Å². The lowest BCUT2D eigenvalue weighted by molar-refractivity contribution is -0.00642. The van der Waals surface area contributed by atoms with Crippen LogP contribution in [0.25, 0.3) is 0 Å².